The number of pyridine rings is 1. The normalized spacial score (nSPS) is 22.5. The summed E-state index contributed by atoms with van der Waals surface area (Å²) in [6, 6.07) is 14.3. The summed E-state index contributed by atoms with van der Waals surface area (Å²) in [6.45, 7) is 4.54. The number of aromatic nitrogens is 1. The molecule has 1 aromatic heterocycles. The summed E-state index contributed by atoms with van der Waals surface area (Å²) in [5.41, 5.74) is 2.04. The Labute approximate surface area is 224 Å². The van der Waals surface area contributed by atoms with E-state index in [4.69, 9.17) is 4.74 Å². The molecule has 2 aromatic carbocycles. The topological polar surface area (TPSA) is 113 Å². The van der Waals surface area contributed by atoms with E-state index in [9.17, 15) is 19.5 Å². The molecule has 0 radical (unpaired) electrons. The summed E-state index contributed by atoms with van der Waals surface area (Å²) in [6.07, 6.45) is 0.779. The monoisotopic (exact) mass is 534 g/mol. The van der Waals surface area contributed by atoms with Gasteiger partial charge in [0.25, 0.3) is 5.56 Å². The number of carbonyl (C=O) groups is 2. The number of nitrogens with zero attached hydrogens (tertiary/aromatic N) is 2. The van der Waals surface area contributed by atoms with Gasteiger partial charge >= 0.3 is 6.09 Å². The molecule has 10 heteroatoms. The molecule has 6 rings (SSSR count). The van der Waals surface area contributed by atoms with Crippen molar-refractivity contribution in [1.29, 1.82) is 0 Å². The highest BCUT2D eigenvalue weighted by Gasteiger charge is 2.43. The van der Waals surface area contributed by atoms with Crippen molar-refractivity contribution >= 4 is 46.0 Å². The third-order valence-electron chi connectivity index (χ3n) is 7.48. The van der Waals surface area contributed by atoms with Crippen molar-refractivity contribution < 1.29 is 19.4 Å². The highest BCUT2D eigenvalue weighted by molar-refractivity contribution is 8.00. The number of rotatable bonds is 7. The quantitative estimate of drug-likeness (QED) is 0.395. The molecule has 1 saturated heterocycles. The first-order valence-corrected chi connectivity index (χ1v) is 13.8. The molecule has 3 aromatic rings. The number of carbonyl (C=O) groups excluding carboxylic acids is 2. The van der Waals surface area contributed by atoms with Gasteiger partial charge in [0.05, 0.1) is 41.2 Å². The second-order valence-corrected chi connectivity index (χ2v) is 11.7. The number of anilines is 2. The molecule has 1 fully saturated rings. The molecular weight excluding hydrogens is 504 g/mol. The second-order valence-electron chi connectivity index (χ2n) is 10.6. The number of hydrogen-bond donors (Lipinski definition) is 3. The van der Waals surface area contributed by atoms with Crippen molar-refractivity contribution in [1.82, 2.24) is 9.88 Å². The largest absolute Gasteiger partial charge is 0.444 e. The minimum absolute atomic E-state index is 0.0488. The van der Waals surface area contributed by atoms with Crippen LogP contribution in [0.25, 0.3) is 10.9 Å². The molecule has 3 atom stereocenters. The number of fused-ring (bicyclic) bond motifs is 1. The van der Waals surface area contributed by atoms with Crippen LogP contribution in [0, 0.1) is 0 Å². The van der Waals surface area contributed by atoms with Crippen LogP contribution < -0.4 is 21.1 Å². The molecule has 198 valence electrons. The number of benzene rings is 2. The summed E-state index contributed by atoms with van der Waals surface area (Å²) >= 11 is 1.48. The number of thioether (sulfide) groups is 1. The van der Waals surface area contributed by atoms with Gasteiger partial charge in [-0.15, -0.1) is 11.8 Å². The Hall–Kier alpha value is -3.34. The van der Waals surface area contributed by atoms with Crippen molar-refractivity contribution in [3.8, 4) is 0 Å². The van der Waals surface area contributed by atoms with Gasteiger partial charge in [-0.1, -0.05) is 18.2 Å². The highest BCUT2D eigenvalue weighted by atomic mass is 32.2. The molecule has 3 aliphatic rings. The fourth-order valence-corrected chi connectivity index (χ4v) is 6.63. The van der Waals surface area contributed by atoms with Crippen molar-refractivity contribution in [2.75, 3.05) is 29.1 Å². The number of cyclic esters (lactones) is 1. The zero-order chi connectivity index (χ0) is 26.6. The van der Waals surface area contributed by atoms with Crippen LogP contribution in [0.3, 0.4) is 0 Å². The van der Waals surface area contributed by atoms with Gasteiger partial charge in [0.2, 0.25) is 5.91 Å². The van der Waals surface area contributed by atoms with Gasteiger partial charge in [-0.2, -0.15) is 0 Å². The van der Waals surface area contributed by atoms with Crippen LogP contribution in [0.1, 0.15) is 44.3 Å². The van der Waals surface area contributed by atoms with E-state index in [0.29, 0.717) is 31.0 Å². The summed E-state index contributed by atoms with van der Waals surface area (Å²) in [5, 5.41) is 18.4. The van der Waals surface area contributed by atoms with Gasteiger partial charge in [-0.25, -0.2) is 4.79 Å². The Bertz CT molecular complexity index is 1500. The van der Waals surface area contributed by atoms with E-state index in [0.717, 1.165) is 33.5 Å². The van der Waals surface area contributed by atoms with E-state index in [-0.39, 0.29) is 23.6 Å². The molecule has 2 amide bonds. The van der Waals surface area contributed by atoms with E-state index in [1.165, 1.54) is 11.8 Å². The number of amides is 2. The predicted molar refractivity (Wildman–Crippen MR) is 147 cm³/mol. The first-order valence-electron chi connectivity index (χ1n) is 12.9. The summed E-state index contributed by atoms with van der Waals surface area (Å²) in [4.78, 5) is 39.8. The van der Waals surface area contributed by atoms with E-state index >= 15 is 0 Å². The maximum absolute atomic E-state index is 12.8. The van der Waals surface area contributed by atoms with Gasteiger partial charge < -0.3 is 25.0 Å². The fraction of sp³-hybridized carbons (Fsp3) is 0.393. The molecule has 3 N–H and O–H groups in total. The first kappa shape index (κ1) is 25.0. The second kappa shape index (κ2) is 9.44. The Morgan fingerprint density at radius 1 is 1.16 bits per heavy atom. The molecule has 0 aliphatic carbocycles. The zero-order valence-electron chi connectivity index (χ0n) is 21.3. The Balaban J connectivity index is 1.11. The average Bonchev–Trinajstić information content (AvgIpc) is 3.42. The molecule has 4 heterocycles. The lowest BCUT2D eigenvalue weighted by Gasteiger charge is -2.33. The number of nitrogens with one attached hydrogen (secondary N) is 2. The van der Waals surface area contributed by atoms with Crippen LogP contribution in [-0.4, -0.2) is 52.2 Å². The molecular formula is C28H30N4O5S. The van der Waals surface area contributed by atoms with Crippen molar-refractivity contribution in [2.45, 2.75) is 55.4 Å². The van der Waals surface area contributed by atoms with E-state index in [1.54, 1.807) is 29.4 Å². The maximum atomic E-state index is 12.8. The van der Waals surface area contributed by atoms with Gasteiger partial charge in [-0.3, -0.25) is 14.5 Å². The third kappa shape index (κ3) is 4.36. The maximum Gasteiger partial charge on any atom is 0.414 e. The Morgan fingerprint density at radius 2 is 2.00 bits per heavy atom. The van der Waals surface area contributed by atoms with Gasteiger partial charge in [0, 0.05) is 16.6 Å². The minimum Gasteiger partial charge on any atom is -0.444 e. The lowest BCUT2D eigenvalue weighted by Crippen LogP contribution is -2.43. The van der Waals surface area contributed by atoms with Crippen molar-refractivity contribution in [3.05, 3.63) is 64.4 Å². The van der Waals surface area contributed by atoms with Crippen molar-refractivity contribution in [2.24, 2.45) is 0 Å². The average molecular weight is 535 g/mol. The van der Waals surface area contributed by atoms with Crippen LogP contribution in [0.4, 0.5) is 16.2 Å². The smallest absolute Gasteiger partial charge is 0.414 e. The molecule has 38 heavy (non-hydrogen) atoms. The number of para-hydroxylation sites is 1. The molecule has 0 unspecified atom stereocenters. The molecule has 0 spiro atoms. The van der Waals surface area contributed by atoms with Crippen molar-refractivity contribution in [3.63, 3.8) is 0 Å². The lowest BCUT2D eigenvalue weighted by molar-refractivity contribution is -0.113. The van der Waals surface area contributed by atoms with Crippen LogP contribution >= 0.6 is 11.8 Å². The highest BCUT2D eigenvalue weighted by Crippen LogP contribution is 2.44. The standard InChI is InChI=1S/C28H30N4O5S/c1-28(2,36)26-24(19-7-3-5-16-8-11-23(34)32(26)25(16)19)29-12-4-6-18-14-31(27(35)37-18)17-9-10-21-20(13-17)30-22(33)15-38-21/h3,5,7-11,13,18,24,26,29,36H,4,6,12,14-15H2,1-2H3,(H,30,33)/t18-,24-,26-/m1/s1. The number of ether oxygens (including phenoxy) is 1. The van der Waals surface area contributed by atoms with Gasteiger partial charge in [0.1, 0.15) is 6.10 Å². The van der Waals surface area contributed by atoms with E-state index in [1.807, 2.05) is 42.5 Å². The summed E-state index contributed by atoms with van der Waals surface area (Å²) in [5.74, 6) is 0.344. The SMILES string of the molecule is CC(C)(O)[C@H]1[C@H](NCCC[C@@H]2CN(c3ccc4c(c3)NC(=O)CS4)C(=O)O2)c2cccc3ccc(=O)n1c23. The van der Waals surface area contributed by atoms with E-state index < -0.39 is 17.7 Å². The molecule has 9 nitrogen and oxygen atoms in total. The van der Waals surface area contributed by atoms with E-state index in [2.05, 4.69) is 10.6 Å². The van der Waals surface area contributed by atoms with Crippen LogP contribution in [-0.2, 0) is 9.53 Å². The molecule has 0 saturated carbocycles. The third-order valence-corrected chi connectivity index (χ3v) is 8.56. The first-order chi connectivity index (χ1) is 18.2. The molecule has 3 aliphatic heterocycles. The van der Waals surface area contributed by atoms with Crippen LogP contribution in [0.2, 0.25) is 0 Å². The minimum atomic E-state index is -1.12. The number of hydrogen-bond acceptors (Lipinski definition) is 7. The summed E-state index contributed by atoms with van der Waals surface area (Å²) < 4.78 is 7.36. The molecule has 0 bridgehead atoms. The zero-order valence-corrected chi connectivity index (χ0v) is 22.1. The van der Waals surface area contributed by atoms with Gasteiger partial charge in [0.15, 0.2) is 0 Å². The fourth-order valence-electron chi connectivity index (χ4n) is 5.84. The lowest BCUT2D eigenvalue weighted by atomic mass is 9.90. The number of aliphatic hydroxyl groups is 1. The van der Waals surface area contributed by atoms with Crippen LogP contribution in [0.5, 0.6) is 0 Å². The summed E-state index contributed by atoms with van der Waals surface area (Å²) in [7, 11) is 0. The van der Waals surface area contributed by atoms with Crippen LogP contribution in [0.15, 0.2) is 58.2 Å². The predicted octanol–water partition coefficient (Wildman–Crippen LogP) is 3.81. The Kier molecular flexibility index (Phi) is 6.20. The Morgan fingerprint density at radius 3 is 2.82 bits per heavy atom. The van der Waals surface area contributed by atoms with Gasteiger partial charge in [-0.05, 0) is 68.4 Å².